The molecule has 0 aliphatic heterocycles. The summed E-state index contributed by atoms with van der Waals surface area (Å²) in [6.45, 7) is 18.3. The van der Waals surface area contributed by atoms with Gasteiger partial charge < -0.3 is 24.1 Å². The number of hydrogen-bond acceptors (Lipinski definition) is 7. The summed E-state index contributed by atoms with van der Waals surface area (Å²) < 4.78 is 20.5. The van der Waals surface area contributed by atoms with Gasteiger partial charge >= 0.3 is 11.9 Å². The first-order valence-electron chi connectivity index (χ1n) is 10.6. The van der Waals surface area contributed by atoms with Crippen LogP contribution in [0.1, 0.15) is 34.1 Å². The highest BCUT2D eigenvalue weighted by atomic mass is 16.5. The van der Waals surface area contributed by atoms with E-state index in [1.165, 1.54) is 24.3 Å². The molecule has 0 saturated carbocycles. The molecule has 7 nitrogen and oxygen atoms in total. The van der Waals surface area contributed by atoms with Gasteiger partial charge in [0.15, 0.2) is 0 Å². The van der Waals surface area contributed by atoms with Crippen LogP contribution in [0.5, 0.6) is 0 Å². The Labute approximate surface area is 197 Å². The van der Waals surface area contributed by atoms with E-state index in [2.05, 4.69) is 26.3 Å². The Balaban J connectivity index is 0.000000633. The van der Waals surface area contributed by atoms with Crippen LogP contribution in [0.2, 0.25) is 0 Å². The van der Waals surface area contributed by atoms with Gasteiger partial charge in [-0.3, -0.25) is 0 Å². The van der Waals surface area contributed by atoms with Crippen LogP contribution in [-0.2, 0) is 18.9 Å². The monoisotopic (exact) mass is 460 g/mol. The summed E-state index contributed by atoms with van der Waals surface area (Å²) in [4.78, 5) is 23.4. The number of aliphatic hydroxyl groups excluding tert-OH is 1. The molecule has 0 heterocycles. The van der Waals surface area contributed by atoms with Crippen LogP contribution in [0.4, 0.5) is 0 Å². The predicted molar refractivity (Wildman–Crippen MR) is 129 cm³/mol. The Morgan fingerprint density at radius 3 is 1.52 bits per heavy atom. The van der Waals surface area contributed by atoms with Gasteiger partial charge in [0.1, 0.15) is 13.2 Å². The zero-order valence-electron chi connectivity index (χ0n) is 19.5. The van der Waals surface area contributed by atoms with Gasteiger partial charge in [0.2, 0.25) is 0 Å². The maximum Gasteiger partial charge on any atom is 0.339 e. The number of hydrogen-bond donors (Lipinski definition) is 1. The van der Waals surface area contributed by atoms with Gasteiger partial charge in [-0.05, 0) is 18.6 Å². The third-order valence-corrected chi connectivity index (χ3v) is 4.40. The molecular formula is C26H36O7. The largest absolute Gasteiger partial charge is 0.458 e. The van der Waals surface area contributed by atoms with Gasteiger partial charge in [-0.2, -0.15) is 0 Å². The molecule has 1 aromatic rings. The minimum Gasteiger partial charge on any atom is -0.458 e. The first-order chi connectivity index (χ1) is 15.9. The molecule has 0 spiro atoms. The second kappa shape index (κ2) is 18.6. The molecule has 0 fully saturated rings. The fraction of sp³-hybridized carbons (Fsp3) is 0.385. The fourth-order valence-electron chi connectivity index (χ4n) is 2.43. The molecule has 0 atom stereocenters. The van der Waals surface area contributed by atoms with Gasteiger partial charge in [0, 0.05) is 5.41 Å². The van der Waals surface area contributed by atoms with Crippen molar-refractivity contribution < 1.29 is 33.6 Å². The standard InChI is InChI=1S/C14H14O4.C12H22O3/c1-3-9-17-13(15)11-7-5-6-8-12(11)14(16)18-10-4-2;1-4-7-14-10-12(6-3,9-13)11-15-8-5-2/h3-8H,1-2,9-10H2;4-5,13H,1-2,6-11H2,3H3. The molecule has 1 rings (SSSR count). The summed E-state index contributed by atoms with van der Waals surface area (Å²) in [5, 5.41) is 9.36. The lowest BCUT2D eigenvalue weighted by molar-refractivity contribution is -0.0424. The van der Waals surface area contributed by atoms with Crippen molar-refractivity contribution in [2.75, 3.05) is 46.2 Å². The predicted octanol–water partition coefficient (Wildman–Crippen LogP) is 4.15. The van der Waals surface area contributed by atoms with E-state index >= 15 is 0 Å². The molecule has 0 aliphatic rings. The van der Waals surface area contributed by atoms with Crippen molar-refractivity contribution in [2.24, 2.45) is 5.41 Å². The SMILES string of the molecule is C=CCOC(=O)c1ccccc1C(=O)OCC=C.C=CCOCC(CC)(CO)COCC=C. The van der Waals surface area contributed by atoms with Gasteiger partial charge in [0.05, 0.1) is 44.2 Å². The maximum atomic E-state index is 11.7. The zero-order chi connectivity index (χ0) is 25.0. The van der Waals surface area contributed by atoms with E-state index in [1.807, 2.05) is 6.92 Å². The maximum absolute atomic E-state index is 11.7. The molecular weight excluding hydrogens is 424 g/mol. The van der Waals surface area contributed by atoms with Gasteiger partial charge in [-0.15, -0.1) is 13.2 Å². The highest BCUT2D eigenvalue weighted by Crippen LogP contribution is 2.22. The van der Waals surface area contributed by atoms with E-state index < -0.39 is 11.9 Å². The summed E-state index contributed by atoms with van der Waals surface area (Å²) >= 11 is 0. The van der Waals surface area contributed by atoms with Crippen molar-refractivity contribution in [3.63, 3.8) is 0 Å². The zero-order valence-corrected chi connectivity index (χ0v) is 19.5. The molecule has 1 N–H and O–H groups in total. The molecule has 0 aliphatic carbocycles. The Morgan fingerprint density at radius 1 is 0.818 bits per heavy atom. The molecule has 0 saturated heterocycles. The number of rotatable bonds is 16. The molecule has 0 bridgehead atoms. The molecule has 0 aromatic heterocycles. The molecule has 0 amide bonds. The summed E-state index contributed by atoms with van der Waals surface area (Å²) in [5.41, 5.74) is 0.0493. The highest BCUT2D eigenvalue weighted by Gasteiger charge is 2.28. The molecule has 1 aromatic carbocycles. The molecule has 0 radical (unpaired) electrons. The van der Waals surface area contributed by atoms with Crippen molar-refractivity contribution >= 4 is 11.9 Å². The van der Waals surface area contributed by atoms with Crippen molar-refractivity contribution in [1.82, 2.24) is 0 Å². The summed E-state index contributed by atoms with van der Waals surface area (Å²) in [5.74, 6) is -1.16. The quantitative estimate of drug-likeness (QED) is 0.225. The Hall–Kier alpha value is -3.00. The van der Waals surface area contributed by atoms with Crippen molar-refractivity contribution in [3.8, 4) is 0 Å². The average Bonchev–Trinajstić information content (AvgIpc) is 2.85. The van der Waals surface area contributed by atoms with Gasteiger partial charge in [-0.25, -0.2) is 9.59 Å². The lowest BCUT2D eigenvalue weighted by Gasteiger charge is -2.29. The minimum atomic E-state index is -0.582. The third kappa shape index (κ3) is 12.0. The average molecular weight is 461 g/mol. The van der Waals surface area contributed by atoms with E-state index in [9.17, 15) is 14.7 Å². The van der Waals surface area contributed by atoms with Crippen LogP contribution in [-0.4, -0.2) is 63.3 Å². The highest BCUT2D eigenvalue weighted by molar-refractivity contribution is 6.03. The van der Waals surface area contributed by atoms with Gasteiger partial charge in [-0.1, -0.05) is 56.5 Å². The fourth-order valence-corrected chi connectivity index (χ4v) is 2.43. The molecule has 182 valence electrons. The van der Waals surface area contributed by atoms with Crippen LogP contribution in [0, 0.1) is 5.41 Å². The lowest BCUT2D eigenvalue weighted by atomic mass is 9.88. The summed E-state index contributed by atoms with van der Waals surface area (Å²) in [6, 6.07) is 6.31. The normalized spacial score (nSPS) is 10.2. The lowest BCUT2D eigenvalue weighted by Crippen LogP contribution is -2.35. The van der Waals surface area contributed by atoms with E-state index in [1.54, 1.807) is 24.3 Å². The van der Waals surface area contributed by atoms with Crippen LogP contribution in [0.3, 0.4) is 0 Å². The molecule has 7 heteroatoms. The first-order valence-corrected chi connectivity index (χ1v) is 10.6. The second-order valence-corrected chi connectivity index (χ2v) is 6.94. The van der Waals surface area contributed by atoms with Crippen molar-refractivity contribution in [3.05, 3.63) is 86.0 Å². The second-order valence-electron chi connectivity index (χ2n) is 6.94. The van der Waals surface area contributed by atoms with Crippen LogP contribution in [0.15, 0.2) is 74.9 Å². The number of carbonyl (C=O) groups excluding carboxylic acids is 2. The van der Waals surface area contributed by atoms with Crippen LogP contribution in [0.25, 0.3) is 0 Å². The number of ether oxygens (including phenoxy) is 4. The van der Waals surface area contributed by atoms with E-state index in [4.69, 9.17) is 18.9 Å². The molecule has 33 heavy (non-hydrogen) atoms. The summed E-state index contributed by atoms with van der Waals surface area (Å²) in [6.07, 6.45) is 7.12. The van der Waals surface area contributed by atoms with Gasteiger partial charge in [0.25, 0.3) is 0 Å². The molecule has 0 unspecified atom stereocenters. The Kier molecular flexibility index (Phi) is 16.9. The third-order valence-electron chi connectivity index (χ3n) is 4.40. The van der Waals surface area contributed by atoms with Crippen molar-refractivity contribution in [1.29, 1.82) is 0 Å². The Morgan fingerprint density at radius 2 is 1.21 bits per heavy atom. The first kappa shape index (κ1) is 30.0. The van der Waals surface area contributed by atoms with Crippen LogP contribution >= 0.6 is 0 Å². The number of aliphatic hydroxyl groups is 1. The van der Waals surface area contributed by atoms with E-state index in [-0.39, 0.29) is 36.4 Å². The Bertz CT molecular complexity index is 692. The van der Waals surface area contributed by atoms with E-state index in [0.29, 0.717) is 26.4 Å². The number of esters is 2. The van der Waals surface area contributed by atoms with E-state index in [0.717, 1.165) is 6.42 Å². The van der Waals surface area contributed by atoms with Crippen LogP contribution < -0.4 is 0 Å². The smallest absolute Gasteiger partial charge is 0.339 e. The topological polar surface area (TPSA) is 91.3 Å². The summed E-state index contributed by atoms with van der Waals surface area (Å²) in [7, 11) is 0. The van der Waals surface area contributed by atoms with Crippen molar-refractivity contribution in [2.45, 2.75) is 13.3 Å². The number of benzene rings is 1. The minimum absolute atomic E-state index is 0.0672. The number of carbonyl (C=O) groups is 2.